The minimum atomic E-state index is 0.684. The molecule has 0 aliphatic carbocycles. The van der Waals surface area contributed by atoms with Crippen molar-refractivity contribution in [2.45, 2.75) is 17.8 Å². The molecule has 2 aromatic carbocycles. The lowest BCUT2D eigenvalue weighted by Crippen LogP contribution is -1.92. The number of thioether (sulfide) groups is 1. The Balaban J connectivity index is 1.63. The standard InChI is InChI=1S/C17H13BrN4S/c1-10-2-7-14-13(8-10)15-16(19-14)20-17(22-21-15)23-9-11-3-5-12(18)6-4-11/h2-8H,9H2,1H3,(H,19,20,22). The van der Waals surface area contributed by atoms with Crippen LogP contribution in [0.1, 0.15) is 11.1 Å². The molecule has 0 aliphatic rings. The van der Waals surface area contributed by atoms with E-state index in [0.29, 0.717) is 5.16 Å². The van der Waals surface area contributed by atoms with E-state index in [-0.39, 0.29) is 0 Å². The molecule has 0 unspecified atom stereocenters. The maximum atomic E-state index is 4.60. The Kier molecular flexibility index (Phi) is 3.79. The first kappa shape index (κ1) is 14.7. The number of halogens is 1. The maximum absolute atomic E-state index is 4.60. The zero-order valence-electron chi connectivity index (χ0n) is 12.4. The summed E-state index contributed by atoms with van der Waals surface area (Å²) in [6.45, 7) is 2.07. The number of hydrogen-bond donors (Lipinski definition) is 1. The molecule has 23 heavy (non-hydrogen) atoms. The molecule has 0 atom stereocenters. The van der Waals surface area contributed by atoms with E-state index in [1.54, 1.807) is 11.8 Å². The Morgan fingerprint density at radius 3 is 2.74 bits per heavy atom. The maximum Gasteiger partial charge on any atom is 0.211 e. The smallest absolute Gasteiger partial charge is 0.211 e. The highest BCUT2D eigenvalue weighted by Gasteiger charge is 2.09. The van der Waals surface area contributed by atoms with Crippen LogP contribution in [0.25, 0.3) is 22.1 Å². The van der Waals surface area contributed by atoms with Crippen LogP contribution in [0.3, 0.4) is 0 Å². The van der Waals surface area contributed by atoms with Gasteiger partial charge in [-0.25, -0.2) is 4.98 Å². The number of aryl methyl sites for hydroxylation is 1. The molecular formula is C17H13BrN4S. The van der Waals surface area contributed by atoms with E-state index in [1.807, 2.05) is 12.1 Å². The third kappa shape index (κ3) is 2.96. The lowest BCUT2D eigenvalue weighted by molar-refractivity contribution is 0.878. The van der Waals surface area contributed by atoms with Gasteiger partial charge in [-0.3, -0.25) is 0 Å². The summed E-state index contributed by atoms with van der Waals surface area (Å²) in [4.78, 5) is 7.92. The van der Waals surface area contributed by atoms with E-state index < -0.39 is 0 Å². The van der Waals surface area contributed by atoms with Gasteiger partial charge in [0.05, 0.1) is 0 Å². The summed E-state index contributed by atoms with van der Waals surface area (Å²) in [5, 5.41) is 10.4. The third-order valence-electron chi connectivity index (χ3n) is 3.63. The predicted octanol–water partition coefficient (Wildman–Crippen LogP) is 4.87. The van der Waals surface area contributed by atoms with Crippen molar-refractivity contribution in [1.82, 2.24) is 20.2 Å². The first-order valence-corrected chi connectivity index (χ1v) is 8.97. The Morgan fingerprint density at radius 1 is 1.09 bits per heavy atom. The van der Waals surface area contributed by atoms with Crippen molar-refractivity contribution < 1.29 is 0 Å². The molecule has 114 valence electrons. The molecule has 2 aromatic heterocycles. The van der Waals surface area contributed by atoms with E-state index >= 15 is 0 Å². The van der Waals surface area contributed by atoms with Gasteiger partial charge in [-0.05, 0) is 36.8 Å². The number of benzene rings is 2. The third-order valence-corrected chi connectivity index (χ3v) is 5.07. The van der Waals surface area contributed by atoms with Crippen LogP contribution in [0.5, 0.6) is 0 Å². The second-order valence-electron chi connectivity index (χ2n) is 5.38. The predicted molar refractivity (Wildman–Crippen MR) is 97.6 cm³/mol. The molecule has 4 aromatic rings. The number of aromatic amines is 1. The Bertz CT molecular complexity index is 995. The molecule has 0 fully saturated rings. The van der Waals surface area contributed by atoms with E-state index in [4.69, 9.17) is 0 Å². The summed E-state index contributed by atoms with van der Waals surface area (Å²) in [5.41, 5.74) is 5.10. The van der Waals surface area contributed by atoms with Gasteiger partial charge in [-0.2, -0.15) is 0 Å². The van der Waals surface area contributed by atoms with E-state index in [9.17, 15) is 0 Å². The fourth-order valence-corrected chi connectivity index (χ4v) is 3.47. The van der Waals surface area contributed by atoms with Crippen molar-refractivity contribution in [2.75, 3.05) is 0 Å². The Hall–Kier alpha value is -1.92. The van der Waals surface area contributed by atoms with Crippen LogP contribution in [0.2, 0.25) is 0 Å². The van der Waals surface area contributed by atoms with Crippen molar-refractivity contribution >= 4 is 49.8 Å². The largest absolute Gasteiger partial charge is 0.338 e. The molecule has 2 heterocycles. The summed E-state index contributed by atoms with van der Waals surface area (Å²) in [5.74, 6) is 0.819. The molecular weight excluding hydrogens is 372 g/mol. The second-order valence-corrected chi connectivity index (χ2v) is 7.24. The van der Waals surface area contributed by atoms with Crippen molar-refractivity contribution in [3.63, 3.8) is 0 Å². The van der Waals surface area contributed by atoms with Crippen LogP contribution in [-0.2, 0) is 5.75 Å². The quantitative estimate of drug-likeness (QED) is 0.512. The van der Waals surface area contributed by atoms with Gasteiger partial charge in [0.1, 0.15) is 5.52 Å². The van der Waals surface area contributed by atoms with E-state index in [2.05, 4.69) is 73.4 Å². The molecule has 6 heteroatoms. The van der Waals surface area contributed by atoms with Crippen molar-refractivity contribution in [2.24, 2.45) is 0 Å². The molecule has 0 saturated heterocycles. The molecule has 1 N–H and O–H groups in total. The van der Waals surface area contributed by atoms with Gasteiger partial charge in [0.15, 0.2) is 5.65 Å². The molecule has 0 radical (unpaired) electrons. The minimum absolute atomic E-state index is 0.684. The molecule has 0 spiro atoms. The highest BCUT2D eigenvalue weighted by molar-refractivity contribution is 9.10. The fraction of sp³-hybridized carbons (Fsp3) is 0.118. The summed E-state index contributed by atoms with van der Waals surface area (Å²) < 4.78 is 1.08. The summed E-state index contributed by atoms with van der Waals surface area (Å²) in [6, 6.07) is 14.5. The lowest BCUT2D eigenvalue weighted by atomic mass is 10.2. The zero-order valence-corrected chi connectivity index (χ0v) is 14.8. The van der Waals surface area contributed by atoms with Gasteiger partial charge in [0.25, 0.3) is 0 Å². The van der Waals surface area contributed by atoms with E-state index in [1.165, 1.54) is 11.1 Å². The molecule has 0 amide bonds. The van der Waals surface area contributed by atoms with Crippen LogP contribution in [0, 0.1) is 6.92 Å². The van der Waals surface area contributed by atoms with Crippen molar-refractivity contribution in [1.29, 1.82) is 0 Å². The van der Waals surface area contributed by atoms with Gasteiger partial charge in [-0.15, -0.1) is 10.2 Å². The summed E-state index contributed by atoms with van der Waals surface area (Å²) in [6.07, 6.45) is 0. The monoisotopic (exact) mass is 384 g/mol. The summed E-state index contributed by atoms with van der Waals surface area (Å²) >= 11 is 5.03. The van der Waals surface area contributed by atoms with Crippen LogP contribution in [-0.4, -0.2) is 20.2 Å². The van der Waals surface area contributed by atoms with Gasteiger partial charge in [-0.1, -0.05) is 51.5 Å². The van der Waals surface area contributed by atoms with Gasteiger partial charge >= 0.3 is 0 Å². The number of fused-ring (bicyclic) bond motifs is 3. The number of rotatable bonds is 3. The number of hydrogen-bond acceptors (Lipinski definition) is 4. The molecule has 0 aliphatic heterocycles. The molecule has 4 nitrogen and oxygen atoms in total. The van der Waals surface area contributed by atoms with Crippen molar-refractivity contribution in [3.05, 3.63) is 58.1 Å². The van der Waals surface area contributed by atoms with Crippen LogP contribution >= 0.6 is 27.7 Å². The molecule has 4 rings (SSSR count). The Labute approximate surface area is 145 Å². The minimum Gasteiger partial charge on any atom is -0.338 e. The summed E-state index contributed by atoms with van der Waals surface area (Å²) in [7, 11) is 0. The number of aromatic nitrogens is 4. The van der Waals surface area contributed by atoms with Gasteiger partial charge in [0.2, 0.25) is 5.16 Å². The topological polar surface area (TPSA) is 54.5 Å². The average Bonchev–Trinajstić information content (AvgIpc) is 2.91. The van der Waals surface area contributed by atoms with Gasteiger partial charge in [0, 0.05) is 21.1 Å². The number of nitrogens with zero attached hydrogens (tertiary/aromatic N) is 3. The second kappa shape index (κ2) is 5.94. The molecule has 0 saturated carbocycles. The zero-order chi connectivity index (χ0) is 15.8. The first-order valence-electron chi connectivity index (χ1n) is 7.19. The fourth-order valence-electron chi connectivity index (χ4n) is 2.46. The van der Waals surface area contributed by atoms with Crippen molar-refractivity contribution in [3.8, 4) is 0 Å². The Morgan fingerprint density at radius 2 is 1.91 bits per heavy atom. The lowest BCUT2D eigenvalue weighted by Gasteiger charge is -2.00. The first-order chi connectivity index (χ1) is 11.2. The highest BCUT2D eigenvalue weighted by atomic mass is 79.9. The number of H-pyrrole nitrogens is 1. The SMILES string of the molecule is Cc1ccc2[nH]c3nc(SCc4ccc(Br)cc4)nnc3c2c1. The average molecular weight is 385 g/mol. The molecule has 0 bridgehead atoms. The van der Waals surface area contributed by atoms with E-state index in [0.717, 1.165) is 32.3 Å². The van der Waals surface area contributed by atoms with Crippen LogP contribution in [0.15, 0.2) is 52.1 Å². The normalized spacial score (nSPS) is 11.4. The van der Waals surface area contributed by atoms with Gasteiger partial charge < -0.3 is 4.98 Å². The van der Waals surface area contributed by atoms with Crippen LogP contribution in [0.4, 0.5) is 0 Å². The van der Waals surface area contributed by atoms with Crippen LogP contribution < -0.4 is 0 Å². The highest BCUT2D eigenvalue weighted by Crippen LogP contribution is 2.25. The number of nitrogens with one attached hydrogen (secondary N) is 1.